The number of piperidine rings is 1. The van der Waals surface area contributed by atoms with Gasteiger partial charge in [-0.25, -0.2) is 13.1 Å². The van der Waals surface area contributed by atoms with E-state index >= 15 is 0 Å². The highest BCUT2D eigenvalue weighted by Crippen LogP contribution is 2.39. The highest BCUT2D eigenvalue weighted by atomic mass is 32.2. The number of carbonyl (C=O) groups excluding carboxylic acids is 1. The molecule has 1 unspecified atom stereocenters. The Morgan fingerprint density at radius 1 is 1.06 bits per heavy atom. The normalized spacial score (nSPS) is 21.6. The van der Waals surface area contributed by atoms with E-state index in [1.165, 1.54) is 11.1 Å². The molecule has 34 heavy (non-hydrogen) atoms. The Balaban J connectivity index is 1.16. The third kappa shape index (κ3) is 5.07. The number of nitrogens with one attached hydrogen (secondary N) is 1. The lowest BCUT2D eigenvalue weighted by molar-refractivity contribution is -0.120. The average molecular weight is 482 g/mol. The fourth-order valence-corrected chi connectivity index (χ4v) is 6.53. The van der Waals surface area contributed by atoms with Crippen LogP contribution < -0.4 is 9.62 Å². The highest BCUT2D eigenvalue weighted by Gasteiger charge is 2.39. The minimum absolute atomic E-state index is 0.0824. The Hall–Kier alpha value is -2.22. The molecule has 2 aromatic rings. The van der Waals surface area contributed by atoms with Crippen LogP contribution in [0.3, 0.4) is 0 Å². The maximum Gasteiger partial charge on any atom is 0.240 e. The second-order valence-electron chi connectivity index (χ2n) is 10.4. The first-order valence-corrected chi connectivity index (χ1v) is 14.0. The van der Waals surface area contributed by atoms with Gasteiger partial charge in [0.1, 0.15) is 0 Å². The molecule has 1 amide bonds. The molecule has 7 heteroatoms. The summed E-state index contributed by atoms with van der Waals surface area (Å²) in [5, 5.41) is 0. The number of fused-ring (bicyclic) bond motifs is 1. The summed E-state index contributed by atoms with van der Waals surface area (Å²) in [5.41, 5.74) is 4.45. The van der Waals surface area contributed by atoms with E-state index in [4.69, 9.17) is 0 Å². The molecule has 3 aliphatic rings. The maximum atomic E-state index is 13.0. The van der Waals surface area contributed by atoms with Crippen molar-refractivity contribution < 1.29 is 13.2 Å². The summed E-state index contributed by atoms with van der Waals surface area (Å²) in [7, 11) is -3.57. The Bertz CT molecular complexity index is 1170. The molecule has 2 fully saturated rings. The molecule has 1 saturated heterocycles. The molecular formula is C27H35N3O3S. The molecule has 0 spiro atoms. The van der Waals surface area contributed by atoms with Crippen LogP contribution in [0.4, 0.5) is 5.69 Å². The van der Waals surface area contributed by atoms with Gasteiger partial charge >= 0.3 is 0 Å². The van der Waals surface area contributed by atoms with Gasteiger partial charge in [0, 0.05) is 30.7 Å². The average Bonchev–Trinajstić information content (AvgIpc) is 3.60. The molecule has 2 heterocycles. The van der Waals surface area contributed by atoms with Crippen LogP contribution in [0.2, 0.25) is 0 Å². The van der Waals surface area contributed by atoms with Crippen molar-refractivity contribution in [2.45, 2.75) is 63.4 Å². The minimum atomic E-state index is -3.57. The molecule has 6 nitrogen and oxygen atoms in total. The van der Waals surface area contributed by atoms with Gasteiger partial charge in [0.25, 0.3) is 0 Å². The van der Waals surface area contributed by atoms with Gasteiger partial charge in [0.05, 0.1) is 4.90 Å². The first-order valence-electron chi connectivity index (χ1n) is 12.5. The molecule has 1 saturated carbocycles. The van der Waals surface area contributed by atoms with E-state index in [9.17, 15) is 13.2 Å². The standard InChI is InChI=1S/C27H35N3O3S/c1-19-4-3-5-22(14-19)18-29-12-10-21(11-13-29)17-28-34(32,33)25-8-9-26-24(16-25)15-20(2)30(26)27(31)23-6-7-23/h3-5,8-9,14,16,20-21,23,28H,6-7,10-13,15,17-18H2,1-2H3. The largest absolute Gasteiger partial charge is 0.309 e. The van der Waals surface area contributed by atoms with Crippen molar-refractivity contribution in [3.63, 3.8) is 0 Å². The number of carbonyl (C=O) groups is 1. The van der Waals surface area contributed by atoms with E-state index in [2.05, 4.69) is 40.8 Å². The number of nitrogens with zero attached hydrogens (tertiary/aromatic N) is 2. The van der Waals surface area contributed by atoms with E-state index in [1.54, 1.807) is 12.1 Å². The van der Waals surface area contributed by atoms with Crippen molar-refractivity contribution >= 4 is 21.6 Å². The fourth-order valence-electron chi connectivity index (χ4n) is 5.37. The fraction of sp³-hybridized carbons (Fsp3) is 0.519. The molecule has 1 N–H and O–H groups in total. The molecule has 0 radical (unpaired) electrons. The Morgan fingerprint density at radius 3 is 2.53 bits per heavy atom. The zero-order valence-electron chi connectivity index (χ0n) is 20.2. The van der Waals surface area contributed by atoms with E-state index in [0.29, 0.717) is 23.8 Å². The van der Waals surface area contributed by atoms with Crippen molar-refractivity contribution in [3.8, 4) is 0 Å². The SMILES string of the molecule is Cc1cccc(CN2CCC(CNS(=O)(=O)c3ccc4c(c3)CC(C)N4C(=O)C3CC3)CC2)c1. The zero-order chi connectivity index (χ0) is 23.9. The van der Waals surface area contributed by atoms with Crippen molar-refractivity contribution in [1.29, 1.82) is 0 Å². The first-order chi connectivity index (χ1) is 16.3. The predicted octanol–water partition coefficient (Wildman–Crippen LogP) is 3.87. The van der Waals surface area contributed by atoms with Gasteiger partial charge in [-0.1, -0.05) is 29.8 Å². The van der Waals surface area contributed by atoms with Crippen molar-refractivity contribution in [2.24, 2.45) is 11.8 Å². The van der Waals surface area contributed by atoms with Gasteiger partial charge in [-0.3, -0.25) is 9.69 Å². The maximum absolute atomic E-state index is 13.0. The number of anilines is 1. The predicted molar refractivity (Wildman–Crippen MR) is 134 cm³/mol. The van der Waals surface area contributed by atoms with E-state index in [-0.39, 0.29) is 17.9 Å². The number of hydrogen-bond donors (Lipinski definition) is 1. The number of likely N-dealkylation sites (tertiary alicyclic amines) is 1. The second kappa shape index (κ2) is 9.44. The Kier molecular flexibility index (Phi) is 6.53. The lowest BCUT2D eigenvalue weighted by atomic mass is 9.97. The number of rotatable bonds is 7. The molecule has 2 aromatic carbocycles. The van der Waals surface area contributed by atoms with Crippen LogP contribution in [-0.4, -0.2) is 44.9 Å². The summed E-state index contributed by atoms with van der Waals surface area (Å²) in [6.07, 6.45) is 4.64. The molecule has 2 aliphatic heterocycles. The quantitative estimate of drug-likeness (QED) is 0.652. The Morgan fingerprint density at radius 2 is 1.82 bits per heavy atom. The van der Waals surface area contributed by atoms with Crippen LogP contribution in [-0.2, 0) is 27.8 Å². The summed E-state index contributed by atoms with van der Waals surface area (Å²) in [6, 6.07) is 13.9. The molecule has 182 valence electrons. The monoisotopic (exact) mass is 481 g/mol. The van der Waals surface area contributed by atoms with Crippen LogP contribution in [0.15, 0.2) is 47.4 Å². The summed E-state index contributed by atoms with van der Waals surface area (Å²) in [4.78, 5) is 17.3. The van der Waals surface area contributed by atoms with Gasteiger partial charge in [-0.15, -0.1) is 0 Å². The summed E-state index contributed by atoms with van der Waals surface area (Å²) in [6.45, 7) is 7.56. The molecule has 0 aromatic heterocycles. The zero-order valence-corrected chi connectivity index (χ0v) is 21.0. The summed E-state index contributed by atoms with van der Waals surface area (Å²) < 4.78 is 28.9. The van der Waals surface area contributed by atoms with Crippen LogP contribution in [0.25, 0.3) is 0 Å². The number of sulfonamides is 1. The van der Waals surface area contributed by atoms with Crippen LogP contribution in [0, 0.1) is 18.8 Å². The second-order valence-corrected chi connectivity index (χ2v) is 12.2. The van der Waals surface area contributed by atoms with E-state index in [1.807, 2.05) is 17.9 Å². The minimum Gasteiger partial charge on any atom is -0.309 e. The number of hydrogen-bond acceptors (Lipinski definition) is 4. The Labute approximate surface area is 203 Å². The van der Waals surface area contributed by atoms with Gasteiger partial charge in [0.2, 0.25) is 15.9 Å². The van der Waals surface area contributed by atoms with Gasteiger partial charge in [-0.2, -0.15) is 0 Å². The smallest absolute Gasteiger partial charge is 0.240 e. The topological polar surface area (TPSA) is 69.7 Å². The molecule has 5 rings (SSSR count). The molecule has 0 bridgehead atoms. The van der Waals surface area contributed by atoms with Gasteiger partial charge in [-0.05, 0) is 94.3 Å². The van der Waals surface area contributed by atoms with Crippen LogP contribution in [0.1, 0.15) is 49.3 Å². The van der Waals surface area contributed by atoms with Gasteiger partial charge in [0.15, 0.2) is 0 Å². The van der Waals surface area contributed by atoms with Crippen LogP contribution >= 0.6 is 0 Å². The molecule has 1 atom stereocenters. The van der Waals surface area contributed by atoms with E-state index < -0.39 is 10.0 Å². The number of aryl methyl sites for hydroxylation is 1. The van der Waals surface area contributed by atoms with E-state index in [0.717, 1.165) is 56.6 Å². The molecular weight excluding hydrogens is 446 g/mol. The lowest BCUT2D eigenvalue weighted by Gasteiger charge is -2.32. The summed E-state index contributed by atoms with van der Waals surface area (Å²) >= 11 is 0. The third-order valence-corrected chi connectivity index (χ3v) is 8.92. The number of amides is 1. The van der Waals surface area contributed by atoms with Crippen molar-refractivity contribution in [1.82, 2.24) is 9.62 Å². The summed E-state index contributed by atoms with van der Waals surface area (Å²) in [5.74, 6) is 0.695. The van der Waals surface area contributed by atoms with Crippen molar-refractivity contribution in [3.05, 3.63) is 59.2 Å². The van der Waals surface area contributed by atoms with Crippen molar-refractivity contribution in [2.75, 3.05) is 24.5 Å². The van der Waals surface area contributed by atoms with Gasteiger partial charge < -0.3 is 4.90 Å². The highest BCUT2D eigenvalue weighted by molar-refractivity contribution is 7.89. The van der Waals surface area contributed by atoms with Crippen LogP contribution in [0.5, 0.6) is 0 Å². The lowest BCUT2D eigenvalue weighted by Crippen LogP contribution is -2.38. The first kappa shape index (κ1) is 23.5. The third-order valence-electron chi connectivity index (χ3n) is 7.50. The molecule has 1 aliphatic carbocycles. The number of benzene rings is 2.